The largest absolute Gasteiger partial charge is 0.344 e. The van der Waals surface area contributed by atoms with Crippen molar-refractivity contribution in [1.82, 2.24) is 11.1 Å². The fourth-order valence-electron chi connectivity index (χ4n) is 1.99. The number of nitrogens with zero attached hydrogens (tertiary/aromatic N) is 1. The third-order valence-electron chi connectivity index (χ3n) is 2.86. The smallest absolute Gasteiger partial charge is 0.0595 e. The Morgan fingerprint density at radius 1 is 1.00 bits per heavy atom. The number of rotatable bonds is 3. The van der Waals surface area contributed by atoms with Crippen molar-refractivity contribution in [3.8, 4) is 0 Å². The maximum absolute atomic E-state index is 6.06. The summed E-state index contributed by atoms with van der Waals surface area (Å²) in [4.78, 5) is 4.04. The normalized spacial score (nSPS) is 11.7. The molecule has 2 nitrogen and oxygen atoms in total. The van der Waals surface area contributed by atoms with Crippen molar-refractivity contribution >= 4 is 23.2 Å². The van der Waals surface area contributed by atoms with Crippen molar-refractivity contribution in [3.05, 3.63) is 63.9 Å². The molecule has 0 bridgehead atoms. The molecular weight excluding hydrogens is 267 g/mol. The molecule has 2 rings (SSSR count). The highest BCUT2D eigenvalue weighted by atomic mass is 35.5. The number of aromatic nitrogens is 1. The topological polar surface area (TPSA) is 47.9 Å². The molecule has 0 amide bonds. The Morgan fingerprint density at radius 3 is 2.22 bits per heavy atom. The highest BCUT2D eigenvalue weighted by Crippen LogP contribution is 2.31. The van der Waals surface area contributed by atoms with Gasteiger partial charge in [0.2, 0.25) is 0 Å². The van der Waals surface area contributed by atoms with Gasteiger partial charge in [-0.1, -0.05) is 36.2 Å². The fraction of sp³-hybridized carbons (Fsp3) is 0.214. The molecule has 1 aromatic carbocycles. The van der Waals surface area contributed by atoms with Gasteiger partial charge >= 0.3 is 0 Å². The van der Waals surface area contributed by atoms with Gasteiger partial charge in [0.1, 0.15) is 0 Å². The maximum atomic E-state index is 6.06. The summed E-state index contributed by atoms with van der Waals surface area (Å²) in [5, 5.41) is 1.21. The number of pyridine rings is 1. The Kier molecular flexibility index (Phi) is 5.60. The summed E-state index contributed by atoms with van der Waals surface area (Å²) < 4.78 is 0. The average molecular weight is 283 g/mol. The Morgan fingerprint density at radius 2 is 1.67 bits per heavy atom. The number of hydrogen-bond donors (Lipinski definition) is 1. The van der Waals surface area contributed by atoms with Crippen LogP contribution >= 0.6 is 23.2 Å². The van der Waals surface area contributed by atoms with E-state index in [1.807, 2.05) is 42.7 Å². The molecule has 4 heteroatoms. The van der Waals surface area contributed by atoms with Crippen LogP contribution in [0.5, 0.6) is 0 Å². The van der Waals surface area contributed by atoms with Gasteiger partial charge in [-0.3, -0.25) is 4.98 Å². The minimum absolute atomic E-state index is 0. The van der Waals surface area contributed by atoms with E-state index in [4.69, 9.17) is 23.2 Å². The van der Waals surface area contributed by atoms with E-state index in [0.717, 1.165) is 6.42 Å². The zero-order chi connectivity index (χ0) is 12.3. The highest BCUT2D eigenvalue weighted by Gasteiger charge is 2.12. The number of halogens is 2. The number of benzene rings is 1. The lowest BCUT2D eigenvalue weighted by atomic mass is 9.90. The molecule has 1 atom stereocenters. The summed E-state index contributed by atoms with van der Waals surface area (Å²) in [6.07, 6.45) is 4.65. The second kappa shape index (κ2) is 6.74. The monoisotopic (exact) mass is 282 g/mol. The first-order chi connectivity index (χ1) is 8.22. The Bertz CT molecular complexity index is 500. The molecule has 0 spiro atoms. The molecule has 96 valence electrons. The molecule has 0 aliphatic carbocycles. The van der Waals surface area contributed by atoms with E-state index < -0.39 is 0 Å². The third kappa shape index (κ3) is 3.22. The van der Waals surface area contributed by atoms with Crippen LogP contribution in [-0.2, 0) is 0 Å². The van der Waals surface area contributed by atoms with Gasteiger partial charge in [0.05, 0.1) is 10.0 Å². The summed E-state index contributed by atoms with van der Waals surface area (Å²) in [5.41, 5.74) is 2.44. The van der Waals surface area contributed by atoms with E-state index in [-0.39, 0.29) is 6.15 Å². The van der Waals surface area contributed by atoms with Gasteiger partial charge in [0.25, 0.3) is 0 Å². The van der Waals surface area contributed by atoms with Crippen LogP contribution in [0.25, 0.3) is 0 Å². The van der Waals surface area contributed by atoms with E-state index >= 15 is 0 Å². The summed E-state index contributed by atoms with van der Waals surface area (Å²) in [6, 6.07) is 9.90. The molecule has 1 aromatic heterocycles. The van der Waals surface area contributed by atoms with Crippen molar-refractivity contribution in [2.24, 2.45) is 0 Å². The van der Waals surface area contributed by atoms with Gasteiger partial charge in [-0.05, 0) is 41.8 Å². The molecule has 0 saturated heterocycles. The summed E-state index contributed by atoms with van der Waals surface area (Å²) in [6.45, 7) is 2.16. The van der Waals surface area contributed by atoms with Crippen molar-refractivity contribution in [3.63, 3.8) is 0 Å². The van der Waals surface area contributed by atoms with E-state index in [0.29, 0.717) is 16.0 Å². The second-order valence-corrected chi connectivity index (χ2v) is 4.73. The zero-order valence-electron chi connectivity index (χ0n) is 10.2. The SMILES string of the molecule is CCC(c1ccncc1)c1ccc(Cl)c(Cl)c1.N. The molecule has 1 unspecified atom stereocenters. The third-order valence-corrected chi connectivity index (χ3v) is 3.60. The van der Waals surface area contributed by atoms with Crippen LogP contribution in [-0.4, -0.2) is 4.98 Å². The Hall–Kier alpha value is -1.09. The maximum Gasteiger partial charge on any atom is 0.0595 e. The van der Waals surface area contributed by atoms with E-state index in [9.17, 15) is 0 Å². The molecule has 0 aliphatic rings. The van der Waals surface area contributed by atoms with E-state index in [1.54, 1.807) is 0 Å². The molecule has 0 aliphatic heterocycles. The molecule has 0 radical (unpaired) electrons. The van der Waals surface area contributed by atoms with Gasteiger partial charge in [0, 0.05) is 18.3 Å². The minimum atomic E-state index is 0. The molecular formula is C14H16Cl2N2. The van der Waals surface area contributed by atoms with Gasteiger partial charge in [-0.2, -0.15) is 0 Å². The van der Waals surface area contributed by atoms with Gasteiger partial charge < -0.3 is 6.15 Å². The van der Waals surface area contributed by atoms with Crippen LogP contribution in [0.15, 0.2) is 42.7 Å². The van der Waals surface area contributed by atoms with Crippen LogP contribution in [0.4, 0.5) is 0 Å². The van der Waals surface area contributed by atoms with Crippen molar-refractivity contribution in [2.45, 2.75) is 19.3 Å². The number of hydrogen-bond acceptors (Lipinski definition) is 2. The van der Waals surface area contributed by atoms with E-state index in [2.05, 4.69) is 11.9 Å². The van der Waals surface area contributed by atoms with Crippen LogP contribution in [0.1, 0.15) is 30.4 Å². The lowest BCUT2D eigenvalue weighted by Crippen LogP contribution is -1.99. The van der Waals surface area contributed by atoms with Crippen molar-refractivity contribution in [2.75, 3.05) is 0 Å². The zero-order valence-corrected chi connectivity index (χ0v) is 11.7. The molecule has 3 N–H and O–H groups in total. The summed E-state index contributed by atoms with van der Waals surface area (Å²) in [7, 11) is 0. The summed E-state index contributed by atoms with van der Waals surface area (Å²) >= 11 is 12.0. The first-order valence-corrected chi connectivity index (χ1v) is 6.33. The standard InChI is InChI=1S/C14H13Cl2N.H3N/c1-2-12(10-5-7-17-8-6-10)11-3-4-13(15)14(16)9-11;/h3-9,12H,2H2,1H3;1H3. The molecule has 2 aromatic rings. The van der Waals surface area contributed by atoms with Crippen molar-refractivity contribution in [1.29, 1.82) is 0 Å². The molecule has 0 fully saturated rings. The first-order valence-electron chi connectivity index (χ1n) is 5.57. The lowest BCUT2D eigenvalue weighted by molar-refractivity contribution is 0.775. The molecule has 18 heavy (non-hydrogen) atoms. The van der Waals surface area contributed by atoms with Crippen LogP contribution in [0.3, 0.4) is 0 Å². The predicted molar refractivity (Wildman–Crippen MR) is 77.9 cm³/mol. The second-order valence-electron chi connectivity index (χ2n) is 3.91. The van der Waals surface area contributed by atoms with Gasteiger partial charge in [-0.25, -0.2) is 0 Å². The average Bonchev–Trinajstić information content (AvgIpc) is 2.36. The summed E-state index contributed by atoms with van der Waals surface area (Å²) in [5.74, 6) is 0.341. The van der Waals surface area contributed by atoms with Crippen LogP contribution < -0.4 is 6.15 Å². The van der Waals surface area contributed by atoms with Gasteiger partial charge in [0.15, 0.2) is 0 Å². The fourth-order valence-corrected chi connectivity index (χ4v) is 2.30. The van der Waals surface area contributed by atoms with Gasteiger partial charge in [-0.15, -0.1) is 0 Å². The lowest BCUT2D eigenvalue weighted by Gasteiger charge is -2.16. The van der Waals surface area contributed by atoms with Crippen LogP contribution in [0.2, 0.25) is 10.0 Å². The quantitative estimate of drug-likeness (QED) is 0.852. The van der Waals surface area contributed by atoms with E-state index in [1.165, 1.54) is 11.1 Å². The Labute approximate surface area is 118 Å². The molecule has 1 heterocycles. The minimum Gasteiger partial charge on any atom is -0.344 e. The molecule has 0 saturated carbocycles. The van der Waals surface area contributed by atoms with Crippen molar-refractivity contribution < 1.29 is 0 Å². The predicted octanol–water partition coefficient (Wildman–Crippen LogP) is 5.09. The van der Waals surface area contributed by atoms with Crippen LogP contribution in [0, 0.1) is 0 Å². The highest BCUT2D eigenvalue weighted by molar-refractivity contribution is 6.42. The Balaban J connectivity index is 0.00000162. The first kappa shape index (κ1) is 15.0.